The maximum absolute atomic E-state index is 10.7. The number of carboxylic acid groups (broad SMARTS) is 1. The van der Waals surface area contributed by atoms with Crippen molar-refractivity contribution in [2.75, 3.05) is 0 Å². The highest BCUT2D eigenvalue weighted by Gasteiger charge is 2.34. The van der Waals surface area contributed by atoms with E-state index in [1.54, 1.807) is 11.3 Å². The summed E-state index contributed by atoms with van der Waals surface area (Å²) in [5.41, 5.74) is 0. The van der Waals surface area contributed by atoms with Gasteiger partial charge in [-0.3, -0.25) is 4.79 Å². The van der Waals surface area contributed by atoms with Gasteiger partial charge in [-0.05, 0) is 25.7 Å². The zero-order valence-corrected chi connectivity index (χ0v) is 10.4. The van der Waals surface area contributed by atoms with Crippen molar-refractivity contribution in [2.24, 2.45) is 5.92 Å². The van der Waals surface area contributed by atoms with Crippen LogP contribution in [-0.4, -0.2) is 16.1 Å². The summed E-state index contributed by atoms with van der Waals surface area (Å²) in [5.74, 6) is 0.0950. The Morgan fingerprint density at radius 1 is 1.73 bits per heavy atom. The Morgan fingerprint density at radius 3 is 2.80 bits per heavy atom. The van der Waals surface area contributed by atoms with E-state index >= 15 is 0 Å². The molecule has 0 aliphatic heterocycles. The molecule has 0 saturated heterocycles. The number of carbonyl (C=O) groups is 1. The Morgan fingerprint density at radius 2 is 2.40 bits per heavy atom. The van der Waals surface area contributed by atoms with Gasteiger partial charge in [-0.15, -0.1) is 11.3 Å². The van der Waals surface area contributed by atoms with Gasteiger partial charge in [-0.25, -0.2) is 4.98 Å². The van der Waals surface area contributed by atoms with Crippen LogP contribution in [-0.2, 0) is 4.79 Å². The Balaban J connectivity index is 0.00000112. The second kappa shape index (κ2) is 4.99. The quantitative estimate of drug-likeness (QED) is 0.887. The van der Waals surface area contributed by atoms with Crippen LogP contribution >= 0.6 is 24.8 Å². The molecule has 1 fully saturated rings. The van der Waals surface area contributed by atoms with E-state index in [0.29, 0.717) is 5.92 Å². The van der Waals surface area contributed by atoms with Crippen LogP contribution in [0.25, 0.3) is 0 Å². The van der Waals surface area contributed by atoms with Crippen LogP contribution in [0.5, 0.6) is 0 Å². The van der Waals surface area contributed by atoms with Gasteiger partial charge in [0.1, 0.15) is 0 Å². The molecule has 0 unspecified atom stereocenters. The molecule has 0 amide bonds. The first-order chi connectivity index (χ1) is 6.66. The fraction of sp³-hybridized carbons (Fsp3) is 0.600. The molecule has 1 aromatic rings. The molecular formula is C10H15NO2S2. The molecule has 0 spiro atoms. The number of aliphatic carboxylic acids is 1. The van der Waals surface area contributed by atoms with Crippen molar-refractivity contribution in [2.45, 2.75) is 32.1 Å². The lowest BCUT2D eigenvalue weighted by Crippen LogP contribution is -2.06. The Bertz CT molecular complexity index is 347. The molecule has 15 heavy (non-hydrogen) atoms. The zero-order chi connectivity index (χ0) is 10.1. The number of aryl methyl sites for hydroxylation is 1. The predicted molar refractivity (Wildman–Crippen MR) is 64.9 cm³/mol. The summed E-state index contributed by atoms with van der Waals surface area (Å²) < 4.78 is 0. The first-order valence-electron chi connectivity index (χ1n) is 4.81. The number of hydrogen-bond acceptors (Lipinski definition) is 3. The molecule has 1 heterocycles. The molecule has 1 aliphatic carbocycles. The highest BCUT2D eigenvalue weighted by molar-refractivity contribution is 7.59. The van der Waals surface area contributed by atoms with Crippen molar-refractivity contribution in [3.05, 3.63) is 16.1 Å². The average molecular weight is 245 g/mol. The van der Waals surface area contributed by atoms with Crippen LogP contribution in [0.3, 0.4) is 0 Å². The van der Waals surface area contributed by atoms with Crippen molar-refractivity contribution >= 4 is 30.8 Å². The summed E-state index contributed by atoms with van der Waals surface area (Å²) in [4.78, 5) is 16.0. The summed E-state index contributed by atoms with van der Waals surface area (Å²) in [7, 11) is 0. The highest BCUT2D eigenvalue weighted by Crippen LogP contribution is 2.45. The van der Waals surface area contributed by atoms with E-state index in [-0.39, 0.29) is 25.8 Å². The summed E-state index contributed by atoms with van der Waals surface area (Å²) in [5, 5.41) is 9.84. The zero-order valence-electron chi connectivity index (χ0n) is 8.56. The van der Waals surface area contributed by atoms with Crippen LogP contribution in [0, 0.1) is 12.8 Å². The number of rotatable bonds is 4. The van der Waals surface area contributed by atoms with Crippen LogP contribution < -0.4 is 0 Å². The van der Waals surface area contributed by atoms with Gasteiger partial charge < -0.3 is 5.11 Å². The Hall–Kier alpha value is -0.550. The van der Waals surface area contributed by atoms with Gasteiger partial charge in [0.05, 0.1) is 11.4 Å². The van der Waals surface area contributed by atoms with Gasteiger partial charge in [-0.1, -0.05) is 0 Å². The standard InChI is InChI=1S/C10H13NO2S.H2S/c1-6-11-5-9(14-6)8(4-10(12)13)7-2-3-7;/h5,7-8H,2-4H2,1H3,(H,12,13);1H2/t8-;/m0./s1. The van der Waals surface area contributed by atoms with Crippen molar-refractivity contribution in [3.63, 3.8) is 0 Å². The van der Waals surface area contributed by atoms with E-state index in [4.69, 9.17) is 5.11 Å². The fourth-order valence-corrected chi connectivity index (χ4v) is 2.71. The predicted octanol–water partition coefficient (Wildman–Crippen LogP) is 2.53. The minimum absolute atomic E-state index is 0. The number of carboxylic acids is 1. The Kier molecular flexibility index (Phi) is 4.16. The molecule has 0 bridgehead atoms. The molecule has 1 atom stereocenters. The van der Waals surface area contributed by atoms with Gasteiger partial charge in [0, 0.05) is 17.0 Å². The lowest BCUT2D eigenvalue weighted by atomic mass is 9.99. The molecule has 1 N–H and O–H groups in total. The van der Waals surface area contributed by atoms with Crippen LogP contribution in [0.4, 0.5) is 0 Å². The molecule has 5 heteroatoms. The van der Waals surface area contributed by atoms with Crippen molar-refractivity contribution in [1.82, 2.24) is 4.98 Å². The Labute approximate surface area is 100.0 Å². The molecule has 3 nitrogen and oxygen atoms in total. The first-order valence-corrected chi connectivity index (χ1v) is 5.62. The van der Waals surface area contributed by atoms with E-state index in [1.165, 1.54) is 12.8 Å². The molecule has 1 saturated carbocycles. The van der Waals surface area contributed by atoms with Crippen LogP contribution in [0.1, 0.15) is 35.1 Å². The van der Waals surface area contributed by atoms with E-state index < -0.39 is 5.97 Å². The van der Waals surface area contributed by atoms with Gasteiger partial charge in [-0.2, -0.15) is 13.5 Å². The van der Waals surface area contributed by atoms with Gasteiger partial charge >= 0.3 is 5.97 Å². The number of hydrogen-bond donors (Lipinski definition) is 1. The number of nitrogens with zero attached hydrogens (tertiary/aromatic N) is 1. The van der Waals surface area contributed by atoms with Crippen molar-refractivity contribution in [1.29, 1.82) is 0 Å². The molecule has 2 rings (SSSR count). The van der Waals surface area contributed by atoms with Gasteiger partial charge in [0.25, 0.3) is 0 Å². The van der Waals surface area contributed by atoms with Crippen molar-refractivity contribution in [3.8, 4) is 0 Å². The second-order valence-electron chi connectivity index (χ2n) is 3.82. The fourth-order valence-electron chi connectivity index (χ4n) is 1.74. The first kappa shape index (κ1) is 12.5. The van der Waals surface area contributed by atoms with E-state index in [1.807, 2.05) is 13.1 Å². The summed E-state index contributed by atoms with van der Waals surface area (Å²) >= 11 is 1.63. The normalized spacial score (nSPS) is 16.9. The molecule has 1 aliphatic rings. The third kappa shape index (κ3) is 3.21. The lowest BCUT2D eigenvalue weighted by Gasteiger charge is -2.10. The summed E-state index contributed by atoms with van der Waals surface area (Å²) in [6, 6.07) is 0. The topological polar surface area (TPSA) is 50.2 Å². The van der Waals surface area contributed by atoms with Crippen molar-refractivity contribution < 1.29 is 9.90 Å². The SMILES string of the molecule is Cc1ncc([C@@H](CC(=O)O)C2CC2)s1.S. The lowest BCUT2D eigenvalue weighted by molar-refractivity contribution is -0.137. The van der Waals surface area contributed by atoms with Gasteiger partial charge in [0.2, 0.25) is 0 Å². The largest absolute Gasteiger partial charge is 0.481 e. The van der Waals surface area contributed by atoms with E-state index in [2.05, 4.69) is 4.98 Å². The summed E-state index contributed by atoms with van der Waals surface area (Å²) in [6.45, 7) is 1.96. The summed E-state index contributed by atoms with van der Waals surface area (Å²) in [6.07, 6.45) is 4.45. The molecule has 0 aromatic carbocycles. The smallest absolute Gasteiger partial charge is 0.304 e. The number of aromatic nitrogens is 1. The third-order valence-corrected chi connectivity index (χ3v) is 3.63. The van der Waals surface area contributed by atoms with Crippen LogP contribution in [0.15, 0.2) is 6.20 Å². The average Bonchev–Trinajstić information content (AvgIpc) is 2.85. The molecule has 0 radical (unpaired) electrons. The monoisotopic (exact) mass is 245 g/mol. The maximum Gasteiger partial charge on any atom is 0.304 e. The minimum atomic E-state index is -0.701. The molecular weight excluding hydrogens is 230 g/mol. The third-order valence-electron chi connectivity index (χ3n) is 2.59. The van der Waals surface area contributed by atoms with E-state index in [9.17, 15) is 4.79 Å². The molecule has 84 valence electrons. The number of thiazole rings is 1. The van der Waals surface area contributed by atoms with E-state index in [0.717, 1.165) is 9.88 Å². The maximum atomic E-state index is 10.7. The minimum Gasteiger partial charge on any atom is -0.481 e. The van der Waals surface area contributed by atoms with Crippen LogP contribution in [0.2, 0.25) is 0 Å². The second-order valence-corrected chi connectivity index (χ2v) is 5.09. The van der Waals surface area contributed by atoms with Gasteiger partial charge in [0.15, 0.2) is 0 Å². The highest BCUT2D eigenvalue weighted by atomic mass is 32.1. The molecule has 1 aromatic heterocycles.